The van der Waals surface area contributed by atoms with E-state index in [1.54, 1.807) is 37.5 Å². The van der Waals surface area contributed by atoms with Gasteiger partial charge >= 0.3 is 0 Å². The molecule has 7 heteroatoms. The SMILES string of the molecule is COc1ccc(-c2cc(-c3ccccc3)nc3sc(C(=O)Nc4ccc(C(=O)/C=C/c5ccc(C(C)C)cc5)cc4)c(N)c23)cc1. The molecule has 6 aromatic rings. The molecule has 46 heavy (non-hydrogen) atoms. The normalized spacial score (nSPS) is 11.3. The van der Waals surface area contributed by atoms with Crippen molar-refractivity contribution in [3.05, 3.63) is 137 Å². The Hall–Kier alpha value is -5.53. The fourth-order valence-electron chi connectivity index (χ4n) is 5.21. The summed E-state index contributed by atoms with van der Waals surface area (Å²) in [5, 5.41) is 3.67. The molecule has 0 unspecified atom stereocenters. The van der Waals surface area contributed by atoms with E-state index in [0.29, 0.717) is 32.6 Å². The number of nitrogens with one attached hydrogen (secondary N) is 1. The Balaban J connectivity index is 1.25. The fourth-order valence-corrected chi connectivity index (χ4v) is 6.23. The number of carbonyl (C=O) groups is 2. The number of ketones is 1. The van der Waals surface area contributed by atoms with E-state index in [0.717, 1.165) is 39.1 Å². The summed E-state index contributed by atoms with van der Waals surface area (Å²) in [7, 11) is 1.63. The Morgan fingerprint density at radius 3 is 2.22 bits per heavy atom. The zero-order valence-electron chi connectivity index (χ0n) is 25.8. The van der Waals surface area contributed by atoms with Crippen LogP contribution in [0.15, 0.2) is 115 Å². The molecule has 228 valence electrons. The number of nitrogens with zero attached hydrogens (tertiary/aromatic N) is 1. The number of anilines is 2. The van der Waals surface area contributed by atoms with Gasteiger partial charge in [0.2, 0.25) is 0 Å². The molecule has 2 heterocycles. The lowest BCUT2D eigenvalue weighted by Crippen LogP contribution is -2.12. The van der Waals surface area contributed by atoms with Crippen molar-refractivity contribution in [2.24, 2.45) is 0 Å². The number of allylic oxidation sites excluding steroid dienone is 1. The van der Waals surface area contributed by atoms with E-state index in [9.17, 15) is 9.59 Å². The van der Waals surface area contributed by atoms with E-state index in [2.05, 4.69) is 31.3 Å². The molecular formula is C39H33N3O3S. The third kappa shape index (κ3) is 6.46. The number of thiophene rings is 1. The predicted octanol–water partition coefficient (Wildman–Crippen LogP) is 9.49. The van der Waals surface area contributed by atoms with E-state index >= 15 is 0 Å². The maximum atomic E-state index is 13.5. The van der Waals surface area contributed by atoms with Crippen molar-refractivity contribution in [1.82, 2.24) is 4.98 Å². The van der Waals surface area contributed by atoms with Crippen LogP contribution < -0.4 is 15.8 Å². The third-order valence-corrected chi connectivity index (χ3v) is 8.93. The molecule has 0 radical (unpaired) electrons. The van der Waals surface area contributed by atoms with Gasteiger partial charge in [-0.25, -0.2) is 4.98 Å². The van der Waals surface area contributed by atoms with Crippen LogP contribution in [0.5, 0.6) is 5.75 Å². The highest BCUT2D eigenvalue weighted by atomic mass is 32.1. The van der Waals surface area contributed by atoms with Gasteiger partial charge in [0.1, 0.15) is 15.5 Å². The molecule has 2 aromatic heterocycles. The van der Waals surface area contributed by atoms with Crippen LogP contribution in [-0.2, 0) is 0 Å². The summed E-state index contributed by atoms with van der Waals surface area (Å²) in [6, 6.07) is 34.7. The van der Waals surface area contributed by atoms with Crippen LogP contribution in [0.4, 0.5) is 11.4 Å². The number of fused-ring (bicyclic) bond motifs is 1. The van der Waals surface area contributed by atoms with Crippen molar-refractivity contribution in [2.45, 2.75) is 19.8 Å². The lowest BCUT2D eigenvalue weighted by atomic mass is 9.99. The van der Waals surface area contributed by atoms with Crippen molar-refractivity contribution < 1.29 is 14.3 Å². The van der Waals surface area contributed by atoms with E-state index < -0.39 is 0 Å². The van der Waals surface area contributed by atoms with Crippen molar-refractivity contribution in [1.29, 1.82) is 0 Å². The number of ether oxygens (including phenoxy) is 1. The topological polar surface area (TPSA) is 94.3 Å². The van der Waals surface area contributed by atoms with Gasteiger partial charge < -0.3 is 15.8 Å². The molecule has 0 aliphatic rings. The van der Waals surface area contributed by atoms with E-state index in [1.165, 1.54) is 16.9 Å². The summed E-state index contributed by atoms with van der Waals surface area (Å²) in [6.07, 6.45) is 3.37. The lowest BCUT2D eigenvalue weighted by molar-refractivity contribution is 0.102. The Kier molecular flexibility index (Phi) is 8.76. The first-order valence-corrected chi connectivity index (χ1v) is 15.8. The van der Waals surface area contributed by atoms with Gasteiger partial charge in [0.25, 0.3) is 5.91 Å². The zero-order valence-corrected chi connectivity index (χ0v) is 26.6. The molecule has 6 rings (SSSR count). The van der Waals surface area contributed by atoms with Crippen LogP contribution in [0.2, 0.25) is 0 Å². The lowest BCUT2D eigenvalue weighted by Gasteiger charge is -2.10. The summed E-state index contributed by atoms with van der Waals surface area (Å²) >= 11 is 1.26. The number of carbonyl (C=O) groups excluding carboxylic acids is 2. The number of aromatic nitrogens is 1. The summed E-state index contributed by atoms with van der Waals surface area (Å²) in [6.45, 7) is 4.30. The minimum absolute atomic E-state index is 0.120. The number of nitrogens with two attached hydrogens (primary N) is 1. The molecule has 0 aliphatic carbocycles. The molecule has 0 aliphatic heterocycles. The summed E-state index contributed by atoms with van der Waals surface area (Å²) in [5.41, 5.74) is 13.9. The Morgan fingerprint density at radius 2 is 1.57 bits per heavy atom. The molecule has 0 saturated carbocycles. The van der Waals surface area contributed by atoms with Gasteiger partial charge in [0, 0.05) is 22.2 Å². The van der Waals surface area contributed by atoms with Crippen molar-refractivity contribution >= 4 is 50.7 Å². The smallest absolute Gasteiger partial charge is 0.267 e. The monoisotopic (exact) mass is 623 g/mol. The van der Waals surface area contributed by atoms with Gasteiger partial charge in [-0.05, 0) is 76.7 Å². The molecule has 6 nitrogen and oxygen atoms in total. The van der Waals surface area contributed by atoms with Crippen LogP contribution in [0.3, 0.4) is 0 Å². The Labute approximate surface area is 272 Å². The van der Waals surface area contributed by atoms with E-state index in [4.69, 9.17) is 15.5 Å². The molecule has 0 atom stereocenters. The number of pyridine rings is 1. The van der Waals surface area contributed by atoms with Crippen LogP contribution in [0.1, 0.15) is 50.9 Å². The second-order valence-electron chi connectivity index (χ2n) is 11.2. The Morgan fingerprint density at radius 1 is 0.870 bits per heavy atom. The quantitative estimate of drug-likeness (QED) is 0.124. The van der Waals surface area contributed by atoms with E-state index in [-0.39, 0.29) is 11.7 Å². The van der Waals surface area contributed by atoms with Crippen molar-refractivity contribution in [3.63, 3.8) is 0 Å². The summed E-state index contributed by atoms with van der Waals surface area (Å²) < 4.78 is 5.35. The van der Waals surface area contributed by atoms with Gasteiger partial charge in [-0.2, -0.15) is 0 Å². The summed E-state index contributed by atoms with van der Waals surface area (Å²) in [5.74, 6) is 0.739. The van der Waals surface area contributed by atoms with Gasteiger partial charge in [-0.1, -0.05) is 86.7 Å². The van der Waals surface area contributed by atoms with Crippen molar-refractivity contribution in [3.8, 4) is 28.1 Å². The maximum Gasteiger partial charge on any atom is 0.267 e. The highest BCUT2D eigenvalue weighted by molar-refractivity contribution is 7.21. The molecule has 4 aromatic carbocycles. The number of nitrogen functional groups attached to an aromatic ring is 1. The number of rotatable bonds is 9. The second-order valence-corrected chi connectivity index (χ2v) is 12.2. The highest BCUT2D eigenvalue weighted by Gasteiger charge is 2.22. The molecule has 0 spiro atoms. The van der Waals surface area contributed by atoms with Crippen LogP contribution in [-0.4, -0.2) is 23.8 Å². The number of hydrogen-bond acceptors (Lipinski definition) is 6. The average molecular weight is 624 g/mol. The van der Waals surface area contributed by atoms with Crippen LogP contribution >= 0.6 is 11.3 Å². The van der Waals surface area contributed by atoms with Crippen molar-refractivity contribution in [2.75, 3.05) is 18.2 Å². The fraction of sp³-hybridized carbons (Fsp3) is 0.103. The zero-order chi connectivity index (χ0) is 32.2. The van der Waals surface area contributed by atoms with Crippen LogP contribution in [0, 0.1) is 0 Å². The minimum Gasteiger partial charge on any atom is -0.497 e. The molecule has 1 amide bonds. The average Bonchev–Trinajstić information content (AvgIpc) is 3.44. The van der Waals surface area contributed by atoms with Gasteiger partial charge in [0.15, 0.2) is 5.78 Å². The standard InChI is InChI=1S/C39H33N3O3S/c1-24(2)26-12-9-25(10-13-26)11-22-34(43)29-14-18-30(19-15-29)41-38(44)37-36(40)35-32(27-16-20-31(45-3)21-17-27)23-33(42-39(35)46-37)28-7-5-4-6-8-28/h4-24H,40H2,1-3H3,(H,41,44)/b22-11+. The highest BCUT2D eigenvalue weighted by Crippen LogP contribution is 2.42. The second kappa shape index (κ2) is 13.2. The molecule has 0 fully saturated rings. The number of hydrogen-bond donors (Lipinski definition) is 2. The first kappa shape index (κ1) is 30.5. The first-order chi connectivity index (χ1) is 22.3. The predicted molar refractivity (Wildman–Crippen MR) is 190 cm³/mol. The summed E-state index contributed by atoms with van der Waals surface area (Å²) in [4.78, 5) is 32.3. The van der Waals surface area contributed by atoms with Gasteiger partial charge in [-0.3, -0.25) is 9.59 Å². The number of benzene rings is 4. The van der Waals surface area contributed by atoms with Crippen LogP contribution in [0.25, 0.3) is 38.7 Å². The Bertz CT molecular complexity index is 2050. The molecule has 0 saturated heterocycles. The third-order valence-electron chi connectivity index (χ3n) is 7.83. The number of amides is 1. The van der Waals surface area contributed by atoms with E-state index in [1.807, 2.05) is 78.9 Å². The van der Waals surface area contributed by atoms with Gasteiger partial charge in [-0.15, -0.1) is 11.3 Å². The molecular weight excluding hydrogens is 591 g/mol. The van der Waals surface area contributed by atoms with Gasteiger partial charge in [0.05, 0.1) is 18.5 Å². The minimum atomic E-state index is -0.341. The molecule has 0 bridgehead atoms. The first-order valence-electron chi connectivity index (χ1n) is 15.0. The molecule has 3 N–H and O–H groups in total. The maximum absolute atomic E-state index is 13.5. The largest absolute Gasteiger partial charge is 0.497 e. The number of methoxy groups -OCH3 is 1.